The number of fused-ring (bicyclic) bond motifs is 1. The molecule has 0 N–H and O–H groups in total. The van der Waals surface area contributed by atoms with Gasteiger partial charge in [-0.25, -0.2) is 18.2 Å². The third-order valence-electron chi connectivity index (χ3n) is 6.98. The van der Waals surface area contributed by atoms with E-state index in [4.69, 9.17) is 16.0 Å². The van der Waals surface area contributed by atoms with Gasteiger partial charge in [0.05, 0.1) is 4.90 Å². The van der Waals surface area contributed by atoms with Crippen LogP contribution in [0.2, 0.25) is 5.02 Å². The molecule has 3 aromatic rings. The summed E-state index contributed by atoms with van der Waals surface area (Å²) in [5, 5.41) is 0.393. The highest BCUT2D eigenvalue weighted by molar-refractivity contribution is 7.89. The summed E-state index contributed by atoms with van der Waals surface area (Å²) in [7, 11) is -3.56. The van der Waals surface area contributed by atoms with Gasteiger partial charge in [-0.05, 0) is 37.3 Å². The molecule has 0 bridgehead atoms. The van der Waals surface area contributed by atoms with Crippen molar-refractivity contribution >= 4 is 44.9 Å². The summed E-state index contributed by atoms with van der Waals surface area (Å²) in [5.74, 6) is 0. The third-order valence-corrected chi connectivity index (χ3v) is 9.01. The largest absolute Gasteiger partial charge is 0.422 e. The number of nitrogens with zero attached hydrogens (tertiary/aromatic N) is 6. The van der Waals surface area contributed by atoms with Crippen LogP contribution in [0.4, 0.5) is 10.8 Å². The molecule has 12 heteroatoms. The SMILES string of the molecule is Cc1ccc2oc(N3CCN(C(=O)N4CC5(C4)CN(S(=O)(=O)c4cccc(Cl)c4)C5)CC3)nc2n1. The lowest BCUT2D eigenvalue weighted by molar-refractivity contribution is -0.0631. The summed E-state index contributed by atoms with van der Waals surface area (Å²) in [5.41, 5.74) is 1.99. The van der Waals surface area contributed by atoms with Crippen molar-refractivity contribution in [1.82, 2.24) is 24.1 Å². The van der Waals surface area contributed by atoms with Crippen molar-refractivity contribution in [2.24, 2.45) is 5.41 Å². The summed E-state index contributed by atoms with van der Waals surface area (Å²) >= 11 is 5.96. The van der Waals surface area contributed by atoms with Crippen molar-refractivity contribution in [1.29, 1.82) is 0 Å². The molecule has 0 aliphatic carbocycles. The molecule has 3 aliphatic heterocycles. The summed E-state index contributed by atoms with van der Waals surface area (Å²) in [6, 6.07) is 10.6. The van der Waals surface area contributed by atoms with Crippen LogP contribution < -0.4 is 4.90 Å². The number of oxazole rings is 1. The van der Waals surface area contributed by atoms with Gasteiger partial charge in [0, 0.05) is 68.5 Å². The molecule has 3 saturated heterocycles. The predicted molar refractivity (Wildman–Crippen MR) is 130 cm³/mol. The number of sulfonamides is 1. The quantitative estimate of drug-likeness (QED) is 0.526. The highest BCUT2D eigenvalue weighted by Gasteiger charge is 2.57. The lowest BCUT2D eigenvalue weighted by atomic mass is 9.74. The van der Waals surface area contributed by atoms with Crippen LogP contribution in [0.1, 0.15) is 5.69 Å². The number of aryl methyl sites for hydroxylation is 1. The van der Waals surface area contributed by atoms with E-state index >= 15 is 0 Å². The molecule has 2 amide bonds. The van der Waals surface area contributed by atoms with Crippen LogP contribution in [0, 0.1) is 12.3 Å². The second kappa shape index (κ2) is 8.07. The molecule has 35 heavy (non-hydrogen) atoms. The number of amides is 2. The smallest absolute Gasteiger partial charge is 0.320 e. The molecule has 3 aliphatic rings. The number of carbonyl (C=O) groups excluding carboxylic acids is 1. The molecule has 3 fully saturated rings. The number of pyridine rings is 1. The number of aromatic nitrogens is 2. The molecule has 2 aromatic heterocycles. The van der Waals surface area contributed by atoms with Gasteiger partial charge < -0.3 is 19.1 Å². The maximum Gasteiger partial charge on any atom is 0.320 e. The van der Waals surface area contributed by atoms with Gasteiger partial charge in [0.2, 0.25) is 15.7 Å². The normalized spacial score (nSPS) is 20.2. The first-order valence-electron chi connectivity index (χ1n) is 11.5. The number of piperazine rings is 1. The number of likely N-dealkylation sites (tertiary alicyclic amines) is 1. The van der Waals surface area contributed by atoms with Crippen molar-refractivity contribution in [2.45, 2.75) is 11.8 Å². The van der Waals surface area contributed by atoms with Crippen LogP contribution in [0.25, 0.3) is 11.2 Å². The number of rotatable bonds is 3. The number of urea groups is 1. The number of hydrogen-bond acceptors (Lipinski definition) is 7. The summed E-state index contributed by atoms with van der Waals surface area (Å²) in [6.07, 6.45) is 0. The van der Waals surface area contributed by atoms with Crippen molar-refractivity contribution in [3.8, 4) is 0 Å². The van der Waals surface area contributed by atoms with Gasteiger partial charge >= 0.3 is 6.03 Å². The maximum atomic E-state index is 13.0. The molecule has 10 nitrogen and oxygen atoms in total. The number of hydrogen-bond donors (Lipinski definition) is 0. The predicted octanol–water partition coefficient (Wildman–Crippen LogP) is 2.43. The Balaban J connectivity index is 1.01. The molecule has 6 rings (SSSR count). The van der Waals surface area contributed by atoms with E-state index in [2.05, 4.69) is 9.97 Å². The second-order valence-electron chi connectivity index (χ2n) is 9.61. The number of benzene rings is 1. The van der Waals surface area contributed by atoms with E-state index in [0.29, 0.717) is 74.6 Å². The highest BCUT2D eigenvalue weighted by atomic mass is 35.5. The molecule has 5 heterocycles. The zero-order valence-corrected chi connectivity index (χ0v) is 20.8. The fourth-order valence-corrected chi connectivity index (χ4v) is 7.04. The van der Waals surface area contributed by atoms with Gasteiger partial charge in [-0.1, -0.05) is 17.7 Å². The van der Waals surface area contributed by atoms with Crippen LogP contribution >= 0.6 is 11.6 Å². The summed E-state index contributed by atoms with van der Waals surface area (Å²) in [6.45, 7) is 6.30. The van der Waals surface area contributed by atoms with E-state index in [1.165, 1.54) is 10.4 Å². The molecular weight excluding hydrogens is 492 g/mol. The van der Waals surface area contributed by atoms with Gasteiger partial charge in [0.15, 0.2) is 5.58 Å². The molecule has 0 unspecified atom stereocenters. The minimum absolute atomic E-state index is 0.00119. The van der Waals surface area contributed by atoms with Crippen molar-refractivity contribution in [3.05, 3.63) is 47.1 Å². The van der Waals surface area contributed by atoms with Gasteiger partial charge in [0.1, 0.15) is 0 Å². The molecule has 0 radical (unpaired) electrons. The second-order valence-corrected chi connectivity index (χ2v) is 12.0. The standard InChI is InChI=1S/C23H25ClN6O4S/c1-16-5-6-19-20(25-16)26-21(34-19)27-7-9-28(10-8-27)22(31)29-12-23(13-29)14-30(15-23)35(32,33)18-4-2-3-17(24)11-18/h2-6,11H,7-10,12-15H2,1H3. The first-order valence-corrected chi connectivity index (χ1v) is 13.3. The van der Waals surface area contributed by atoms with Crippen LogP contribution in [0.3, 0.4) is 0 Å². The van der Waals surface area contributed by atoms with Crippen molar-refractivity contribution in [3.63, 3.8) is 0 Å². The number of anilines is 1. The average Bonchev–Trinajstić information content (AvgIpc) is 3.20. The molecule has 184 valence electrons. The first-order chi connectivity index (χ1) is 16.7. The summed E-state index contributed by atoms with van der Waals surface area (Å²) < 4.78 is 33.0. The average molecular weight is 517 g/mol. The first kappa shape index (κ1) is 22.6. The fourth-order valence-electron chi connectivity index (χ4n) is 5.07. The van der Waals surface area contributed by atoms with Crippen LogP contribution in [0.5, 0.6) is 0 Å². The Kier molecular flexibility index (Phi) is 5.20. The fraction of sp³-hybridized carbons (Fsp3) is 0.435. The Morgan fingerprint density at radius 2 is 1.74 bits per heavy atom. The maximum absolute atomic E-state index is 13.0. The Bertz CT molecular complexity index is 1400. The molecule has 1 aromatic carbocycles. The minimum Gasteiger partial charge on any atom is -0.422 e. The zero-order chi connectivity index (χ0) is 24.4. The minimum atomic E-state index is -3.56. The van der Waals surface area contributed by atoms with Gasteiger partial charge in [-0.15, -0.1) is 0 Å². The highest BCUT2D eigenvalue weighted by Crippen LogP contribution is 2.42. The van der Waals surface area contributed by atoms with E-state index in [-0.39, 0.29) is 16.3 Å². The summed E-state index contributed by atoms with van der Waals surface area (Å²) in [4.78, 5) is 27.8. The molecular formula is C23H25ClN6O4S. The van der Waals surface area contributed by atoms with Gasteiger partial charge in [-0.2, -0.15) is 9.29 Å². The molecule has 0 atom stereocenters. The number of halogens is 1. The van der Waals surface area contributed by atoms with Crippen molar-refractivity contribution < 1.29 is 17.6 Å². The topological polar surface area (TPSA) is 103 Å². The Morgan fingerprint density at radius 1 is 1.00 bits per heavy atom. The lowest BCUT2D eigenvalue weighted by Crippen LogP contribution is -2.74. The van der Waals surface area contributed by atoms with Crippen LogP contribution in [-0.4, -0.2) is 90.9 Å². The number of carbonyl (C=O) groups is 1. The lowest BCUT2D eigenvalue weighted by Gasteiger charge is -2.59. The van der Waals surface area contributed by atoms with E-state index in [0.717, 1.165) is 5.69 Å². The van der Waals surface area contributed by atoms with Crippen molar-refractivity contribution in [2.75, 3.05) is 57.3 Å². The monoisotopic (exact) mass is 516 g/mol. The Labute approximate surface area is 208 Å². The Morgan fingerprint density at radius 3 is 2.46 bits per heavy atom. The van der Waals surface area contributed by atoms with Crippen LogP contribution in [-0.2, 0) is 10.0 Å². The zero-order valence-electron chi connectivity index (χ0n) is 19.2. The van der Waals surface area contributed by atoms with Gasteiger partial charge in [-0.3, -0.25) is 0 Å². The molecule has 0 saturated carbocycles. The van der Waals surface area contributed by atoms with E-state index in [1.807, 2.05) is 33.8 Å². The Hall–Kier alpha value is -2.89. The van der Waals surface area contributed by atoms with E-state index < -0.39 is 10.0 Å². The van der Waals surface area contributed by atoms with E-state index in [9.17, 15) is 13.2 Å². The molecule has 1 spiro atoms. The van der Waals surface area contributed by atoms with E-state index in [1.54, 1.807) is 18.2 Å². The van der Waals surface area contributed by atoms with Crippen LogP contribution in [0.15, 0.2) is 45.7 Å². The van der Waals surface area contributed by atoms with Gasteiger partial charge in [0.25, 0.3) is 6.01 Å². The third kappa shape index (κ3) is 3.91.